The Morgan fingerprint density at radius 1 is 1.53 bits per heavy atom. The van der Waals surface area contributed by atoms with Gasteiger partial charge in [-0.25, -0.2) is 0 Å². The van der Waals surface area contributed by atoms with E-state index in [4.69, 9.17) is 17.3 Å². The van der Waals surface area contributed by atoms with Crippen LogP contribution < -0.4 is 11.1 Å². The monoisotopic (exact) mass is 256 g/mol. The summed E-state index contributed by atoms with van der Waals surface area (Å²) in [5.74, 6) is -0.163. The lowest BCUT2D eigenvalue weighted by molar-refractivity contribution is -0.121. The van der Waals surface area contributed by atoms with Crippen LogP contribution in [0.4, 0.5) is 0 Å². The Morgan fingerprint density at radius 3 is 2.71 bits per heavy atom. The summed E-state index contributed by atoms with van der Waals surface area (Å²) < 4.78 is 0. The van der Waals surface area contributed by atoms with E-state index in [0.717, 1.165) is 0 Å². The van der Waals surface area contributed by atoms with E-state index < -0.39 is 11.9 Å². The largest absolute Gasteiger partial charge is 0.508 e. The Morgan fingerprint density at radius 2 is 2.18 bits per heavy atom. The molecule has 1 rings (SSSR count). The molecule has 0 fully saturated rings. The average Bonchev–Trinajstić information content (AvgIpc) is 2.22. The number of phenolic OH excluding ortho intramolecular Hbond substituents is 1. The highest BCUT2D eigenvalue weighted by Gasteiger charge is 2.18. The molecular formula is C12H17ClN2O2. The standard InChI is InChI=1S/C12H17ClN2O2/c1-7(2)11(12(14)17)15-6-8-5-9(13)3-4-10(8)16/h3-5,7,11,15-16H,6H2,1-2H3,(H2,14,17). The van der Waals surface area contributed by atoms with Crippen molar-refractivity contribution in [2.24, 2.45) is 11.7 Å². The summed E-state index contributed by atoms with van der Waals surface area (Å²) in [5, 5.41) is 13.2. The number of rotatable bonds is 5. The van der Waals surface area contributed by atoms with Gasteiger partial charge in [-0.1, -0.05) is 25.4 Å². The highest BCUT2D eigenvalue weighted by atomic mass is 35.5. The minimum Gasteiger partial charge on any atom is -0.508 e. The molecule has 17 heavy (non-hydrogen) atoms. The van der Waals surface area contributed by atoms with Gasteiger partial charge in [-0.3, -0.25) is 4.79 Å². The molecule has 1 amide bonds. The number of benzene rings is 1. The second kappa shape index (κ2) is 5.89. The number of carbonyl (C=O) groups is 1. The molecular weight excluding hydrogens is 240 g/mol. The van der Waals surface area contributed by atoms with Crippen molar-refractivity contribution in [2.75, 3.05) is 0 Å². The van der Waals surface area contributed by atoms with E-state index in [0.29, 0.717) is 17.1 Å². The number of aromatic hydroxyl groups is 1. The van der Waals surface area contributed by atoms with Crippen LogP contribution in [0.15, 0.2) is 18.2 Å². The number of phenols is 1. The van der Waals surface area contributed by atoms with Gasteiger partial charge in [0, 0.05) is 17.1 Å². The lowest BCUT2D eigenvalue weighted by atomic mass is 10.0. The van der Waals surface area contributed by atoms with Crippen LogP contribution in [0.3, 0.4) is 0 Å². The molecule has 0 aliphatic carbocycles. The molecule has 0 aliphatic rings. The summed E-state index contributed by atoms with van der Waals surface area (Å²) in [5.41, 5.74) is 5.92. The molecule has 0 spiro atoms. The van der Waals surface area contributed by atoms with E-state index in [1.165, 1.54) is 6.07 Å². The predicted octanol–water partition coefficient (Wildman–Crippen LogP) is 1.65. The summed E-state index contributed by atoms with van der Waals surface area (Å²) in [7, 11) is 0. The van der Waals surface area contributed by atoms with Crippen LogP contribution in [0.1, 0.15) is 19.4 Å². The van der Waals surface area contributed by atoms with Crippen molar-refractivity contribution < 1.29 is 9.90 Å². The zero-order valence-electron chi connectivity index (χ0n) is 9.90. The predicted molar refractivity (Wildman–Crippen MR) is 67.8 cm³/mol. The van der Waals surface area contributed by atoms with Gasteiger partial charge in [0.2, 0.25) is 5.91 Å². The molecule has 0 saturated carbocycles. The van der Waals surface area contributed by atoms with Gasteiger partial charge < -0.3 is 16.2 Å². The van der Waals surface area contributed by atoms with Gasteiger partial charge in [-0.15, -0.1) is 0 Å². The van der Waals surface area contributed by atoms with Crippen LogP contribution in [0.2, 0.25) is 5.02 Å². The summed E-state index contributed by atoms with van der Waals surface area (Å²) in [6, 6.07) is 4.36. The lowest BCUT2D eigenvalue weighted by Gasteiger charge is -2.19. The van der Waals surface area contributed by atoms with Crippen LogP contribution in [0, 0.1) is 5.92 Å². The molecule has 0 bridgehead atoms. The van der Waals surface area contributed by atoms with Gasteiger partial charge >= 0.3 is 0 Å². The van der Waals surface area contributed by atoms with Crippen LogP contribution in [0.5, 0.6) is 5.75 Å². The maximum absolute atomic E-state index is 11.2. The third kappa shape index (κ3) is 3.91. The van der Waals surface area contributed by atoms with Crippen molar-refractivity contribution in [1.29, 1.82) is 0 Å². The molecule has 1 aromatic rings. The number of halogens is 1. The van der Waals surface area contributed by atoms with Gasteiger partial charge in [0.15, 0.2) is 0 Å². The van der Waals surface area contributed by atoms with E-state index >= 15 is 0 Å². The quantitative estimate of drug-likeness (QED) is 0.750. The first kappa shape index (κ1) is 13.8. The van der Waals surface area contributed by atoms with Crippen molar-refractivity contribution >= 4 is 17.5 Å². The molecule has 0 heterocycles. The Kier molecular flexibility index (Phi) is 4.78. The van der Waals surface area contributed by atoms with E-state index in [1.807, 2.05) is 13.8 Å². The van der Waals surface area contributed by atoms with Gasteiger partial charge in [-0.05, 0) is 24.1 Å². The topological polar surface area (TPSA) is 75.3 Å². The van der Waals surface area contributed by atoms with Gasteiger partial charge in [0.05, 0.1) is 6.04 Å². The second-order valence-corrected chi connectivity index (χ2v) is 4.71. The van der Waals surface area contributed by atoms with Crippen LogP contribution >= 0.6 is 11.6 Å². The van der Waals surface area contributed by atoms with Gasteiger partial charge in [-0.2, -0.15) is 0 Å². The summed E-state index contributed by atoms with van der Waals surface area (Å²) in [6.07, 6.45) is 0. The zero-order valence-corrected chi connectivity index (χ0v) is 10.7. The summed E-state index contributed by atoms with van der Waals surface area (Å²) in [4.78, 5) is 11.2. The summed E-state index contributed by atoms with van der Waals surface area (Å²) in [6.45, 7) is 4.15. The normalized spacial score (nSPS) is 12.7. The fourth-order valence-corrected chi connectivity index (χ4v) is 1.78. The number of hydrogen-bond donors (Lipinski definition) is 3. The van der Waals surface area contributed by atoms with Crippen LogP contribution in [-0.2, 0) is 11.3 Å². The molecule has 1 atom stereocenters. The second-order valence-electron chi connectivity index (χ2n) is 4.28. The van der Waals surface area contributed by atoms with E-state index in [1.54, 1.807) is 12.1 Å². The molecule has 0 aromatic heterocycles. The Hall–Kier alpha value is -1.26. The number of nitrogens with two attached hydrogens (primary N) is 1. The molecule has 0 radical (unpaired) electrons. The Balaban J connectivity index is 2.72. The third-order valence-corrected chi connectivity index (χ3v) is 2.76. The lowest BCUT2D eigenvalue weighted by Crippen LogP contribution is -2.44. The van der Waals surface area contributed by atoms with E-state index in [2.05, 4.69) is 5.32 Å². The van der Waals surface area contributed by atoms with Gasteiger partial charge in [0.25, 0.3) is 0 Å². The SMILES string of the molecule is CC(C)C(NCc1cc(Cl)ccc1O)C(N)=O. The van der Waals surface area contributed by atoms with Crippen LogP contribution in [-0.4, -0.2) is 17.1 Å². The highest BCUT2D eigenvalue weighted by Crippen LogP contribution is 2.21. The minimum atomic E-state index is -0.423. The molecule has 0 aliphatic heterocycles. The van der Waals surface area contributed by atoms with Crippen molar-refractivity contribution in [3.8, 4) is 5.75 Å². The molecule has 1 unspecified atom stereocenters. The smallest absolute Gasteiger partial charge is 0.234 e. The third-order valence-electron chi connectivity index (χ3n) is 2.53. The number of amides is 1. The fraction of sp³-hybridized carbons (Fsp3) is 0.417. The van der Waals surface area contributed by atoms with Crippen molar-refractivity contribution in [3.05, 3.63) is 28.8 Å². The fourth-order valence-electron chi connectivity index (χ4n) is 1.58. The first-order chi connectivity index (χ1) is 7.91. The zero-order chi connectivity index (χ0) is 13.0. The maximum Gasteiger partial charge on any atom is 0.234 e. The average molecular weight is 257 g/mol. The number of hydrogen-bond acceptors (Lipinski definition) is 3. The van der Waals surface area contributed by atoms with Crippen LogP contribution in [0.25, 0.3) is 0 Å². The molecule has 0 saturated heterocycles. The summed E-state index contributed by atoms with van der Waals surface area (Å²) >= 11 is 5.83. The maximum atomic E-state index is 11.2. The molecule has 5 heteroatoms. The van der Waals surface area contributed by atoms with E-state index in [9.17, 15) is 9.90 Å². The van der Waals surface area contributed by atoms with E-state index in [-0.39, 0.29) is 11.7 Å². The molecule has 1 aromatic carbocycles. The molecule has 94 valence electrons. The first-order valence-electron chi connectivity index (χ1n) is 5.42. The Bertz CT molecular complexity index is 407. The van der Waals surface area contributed by atoms with Crippen molar-refractivity contribution in [2.45, 2.75) is 26.4 Å². The number of primary amides is 1. The Labute approximate surface area is 106 Å². The molecule has 4 nitrogen and oxygen atoms in total. The first-order valence-corrected chi connectivity index (χ1v) is 5.79. The van der Waals surface area contributed by atoms with Crippen molar-refractivity contribution in [1.82, 2.24) is 5.32 Å². The minimum absolute atomic E-state index is 0.0915. The molecule has 4 N–H and O–H groups in total. The number of nitrogens with one attached hydrogen (secondary N) is 1. The number of carbonyl (C=O) groups excluding carboxylic acids is 1. The highest BCUT2D eigenvalue weighted by molar-refractivity contribution is 6.30. The van der Waals surface area contributed by atoms with Crippen molar-refractivity contribution in [3.63, 3.8) is 0 Å². The van der Waals surface area contributed by atoms with Gasteiger partial charge in [0.1, 0.15) is 5.75 Å².